The Hall–Kier alpha value is -0.980. The summed E-state index contributed by atoms with van der Waals surface area (Å²) >= 11 is 1.30. The molecule has 94 valence electrons. The second-order valence-corrected chi connectivity index (χ2v) is 5.56. The first-order valence-electron chi connectivity index (χ1n) is 5.72. The van der Waals surface area contributed by atoms with Gasteiger partial charge in [-0.15, -0.1) is 0 Å². The number of hydrogen-bond acceptors (Lipinski definition) is 5. The summed E-state index contributed by atoms with van der Waals surface area (Å²) in [7, 11) is 4.04. The number of thiophene rings is 1. The van der Waals surface area contributed by atoms with Crippen LogP contribution in [0.1, 0.15) is 17.3 Å². The zero-order chi connectivity index (χ0) is 12.4. The van der Waals surface area contributed by atoms with Crippen molar-refractivity contribution in [3.8, 4) is 0 Å². The largest absolute Gasteiger partial charge is 0.324 e. The summed E-state index contributed by atoms with van der Waals surface area (Å²) in [5.41, 5.74) is 0. The van der Waals surface area contributed by atoms with Crippen LogP contribution in [0.3, 0.4) is 0 Å². The zero-order valence-electron chi connectivity index (χ0n) is 10.0. The van der Waals surface area contributed by atoms with E-state index in [1.807, 2.05) is 13.1 Å². The lowest BCUT2D eigenvalue weighted by atomic mass is 9.99. The third-order valence-electron chi connectivity index (χ3n) is 3.32. The summed E-state index contributed by atoms with van der Waals surface area (Å²) < 4.78 is 0. The van der Waals surface area contributed by atoms with Gasteiger partial charge in [0, 0.05) is 17.0 Å². The van der Waals surface area contributed by atoms with Crippen LogP contribution in [0.2, 0.25) is 0 Å². The van der Waals surface area contributed by atoms with Gasteiger partial charge in [-0.05, 0) is 45.6 Å². The molecule has 0 aromatic carbocycles. The minimum atomic E-state index is -0.309. The molecular weight excluding hydrogens is 238 g/mol. The van der Waals surface area contributed by atoms with Gasteiger partial charge in [-0.3, -0.25) is 15.0 Å². The van der Waals surface area contributed by atoms with Crippen molar-refractivity contribution >= 4 is 16.3 Å². The van der Waals surface area contributed by atoms with Crippen LogP contribution in [-0.4, -0.2) is 37.0 Å². The lowest BCUT2D eigenvalue weighted by Gasteiger charge is -2.23. The maximum absolute atomic E-state index is 10.7. The van der Waals surface area contributed by atoms with Gasteiger partial charge in [0.1, 0.15) is 0 Å². The third-order valence-corrected chi connectivity index (χ3v) is 4.43. The Kier molecular flexibility index (Phi) is 3.76. The van der Waals surface area contributed by atoms with Gasteiger partial charge in [-0.25, -0.2) is 0 Å². The lowest BCUT2D eigenvalue weighted by molar-refractivity contribution is -0.380. The normalized spacial score (nSPS) is 25.3. The van der Waals surface area contributed by atoms with E-state index < -0.39 is 0 Å². The van der Waals surface area contributed by atoms with E-state index in [-0.39, 0.29) is 9.92 Å². The average Bonchev–Trinajstić information content (AvgIpc) is 2.86. The van der Waals surface area contributed by atoms with Gasteiger partial charge in [-0.1, -0.05) is 11.3 Å². The molecule has 0 spiro atoms. The van der Waals surface area contributed by atoms with Crippen molar-refractivity contribution in [2.75, 3.05) is 27.2 Å². The Morgan fingerprint density at radius 1 is 1.65 bits per heavy atom. The van der Waals surface area contributed by atoms with E-state index in [2.05, 4.69) is 17.3 Å². The zero-order valence-corrected chi connectivity index (χ0v) is 10.9. The highest BCUT2D eigenvalue weighted by Gasteiger charge is 2.34. The molecule has 1 N–H and O–H groups in total. The molecule has 6 heteroatoms. The van der Waals surface area contributed by atoms with Crippen LogP contribution in [0.4, 0.5) is 5.00 Å². The molecule has 2 unspecified atom stereocenters. The summed E-state index contributed by atoms with van der Waals surface area (Å²) in [5.74, 6) is 0.545. The highest BCUT2D eigenvalue weighted by atomic mass is 32.1. The van der Waals surface area contributed by atoms with Gasteiger partial charge in [-0.2, -0.15) is 0 Å². The summed E-state index contributed by atoms with van der Waals surface area (Å²) in [4.78, 5) is 13.8. The van der Waals surface area contributed by atoms with Crippen molar-refractivity contribution < 1.29 is 4.92 Å². The molecule has 1 aliphatic rings. The standard InChI is InChI=1S/C11H17N3O2S/c1-12-7-8-5-6-13(2)11(8)9-3-4-10(17-9)14(15)16/h3-4,8,11-12H,5-7H2,1-2H3. The second-order valence-electron chi connectivity index (χ2n) is 4.46. The third kappa shape index (κ3) is 2.48. The van der Waals surface area contributed by atoms with Crippen LogP contribution >= 0.6 is 11.3 Å². The van der Waals surface area contributed by atoms with E-state index in [1.165, 1.54) is 11.3 Å². The molecule has 2 rings (SSSR count). The first-order valence-corrected chi connectivity index (χ1v) is 6.54. The molecule has 1 aromatic rings. The van der Waals surface area contributed by atoms with Gasteiger partial charge in [0.2, 0.25) is 0 Å². The van der Waals surface area contributed by atoms with Crippen LogP contribution in [0.5, 0.6) is 0 Å². The molecule has 1 aromatic heterocycles. The number of nitrogens with zero attached hydrogens (tertiary/aromatic N) is 2. The minimum Gasteiger partial charge on any atom is -0.319 e. The average molecular weight is 255 g/mol. The summed E-state index contributed by atoms with van der Waals surface area (Å²) in [6.07, 6.45) is 1.15. The van der Waals surface area contributed by atoms with Gasteiger partial charge in [0.05, 0.1) is 4.92 Å². The fraction of sp³-hybridized carbons (Fsp3) is 0.636. The maximum atomic E-state index is 10.7. The molecule has 0 aliphatic carbocycles. The van der Waals surface area contributed by atoms with Crippen LogP contribution in [0, 0.1) is 16.0 Å². The quantitative estimate of drug-likeness (QED) is 0.659. The summed E-state index contributed by atoms with van der Waals surface area (Å²) in [6, 6.07) is 3.83. The molecule has 2 atom stereocenters. The fourth-order valence-electron chi connectivity index (χ4n) is 2.55. The van der Waals surface area contributed by atoms with E-state index in [0.29, 0.717) is 12.0 Å². The van der Waals surface area contributed by atoms with Crippen molar-refractivity contribution in [1.82, 2.24) is 10.2 Å². The molecule has 5 nitrogen and oxygen atoms in total. The minimum absolute atomic E-state index is 0.239. The van der Waals surface area contributed by atoms with Gasteiger partial charge < -0.3 is 5.32 Å². The Bertz CT molecular complexity index is 405. The lowest BCUT2D eigenvalue weighted by Crippen LogP contribution is -2.26. The molecular formula is C11H17N3O2S. The molecule has 0 saturated carbocycles. The van der Waals surface area contributed by atoms with Gasteiger partial charge >= 0.3 is 5.00 Å². The van der Waals surface area contributed by atoms with Crippen LogP contribution in [0.15, 0.2) is 12.1 Å². The first kappa shape index (κ1) is 12.5. The molecule has 2 heterocycles. The van der Waals surface area contributed by atoms with Crippen molar-refractivity contribution in [3.63, 3.8) is 0 Å². The first-order chi connectivity index (χ1) is 8.13. The van der Waals surface area contributed by atoms with Crippen LogP contribution in [-0.2, 0) is 0 Å². The SMILES string of the molecule is CNCC1CCN(C)C1c1ccc([N+](=O)[O-])s1. The molecule has 0 bridgehead atoms. The number of rotatable bonds is 4. The number of likely N-dealkylation sites (tertiary alicyclic amines) is 1. The van der Waals surface area contributed by atoms with Crippen molar-refractivity contribution in [3.05, 3.63) is 27.1 Å². The monoisotopic (exact) mass is 255 g/mol. The smallest absolute Gasteiger partial charge is 0.319 e. The fourth-order valence-corrected chi connectivity index (χ4v) is 3.63. The van der Waals surface area contributed by atoms with E-state index in [1.54, 1.807) is 6.07 Å². The molecule has 0 amide bonds. The number of nitrogens with one attached hydrogen (secondary N) is 1. The van der Waals surface area contributed by atoms with E-state index in [9.17, 15) is 10.1 Å². The molecule has 0 radical (unpaired) electrons. The Balaban J connectivity index is 2.20. The van der Waals surface area contributed by atoms with Crippen LogP contribution < -0.4 is 5.32 Å². The second kappa shape index (κ2) is 5.12. The Morgan fingerprint density at radius 3 is 3.00 bits per heavy atom. The summed E-state index contributed by atoms with van der Waals surface area (Å²) in [5, 5.41) is 14.2. The van der Waals surface area contributed by atoms with Crippen molar-refractivity contribution in [2.24, 2.45) is 5.92 Å². The predicted octanol–water partition coefficient (Wildman–Crippen LogP) is 1.87. The number of hydrogen-bond donors (Lipinski definition) is 1. The highest BCUT2D eigenvalue weighted by Crippen LogP contribution is 2.40. The van der Waals surface area contributed by atoms with Crippen molar-refractivity contribution in [2.45, 2.75) is 12.5 Å². The van der Waals surface area contributed by atoms with Gasteiger partial charge in [0.15, 0.2) is 0 Å². The van der Waals surface area contributed by atoms with Gasteiger partial charge in [0.25, 0.3) is 0 Å². The highest BCUT2D eigenvalue weighted by molar-refractivity contribution is 7.15. The van der Waals surface area contributed by atoms with Crippen LogP contribution in [0.25, 0.3) is 0 Å². The van der Waals surface area contributed by atoms with E-state index in [4.69, 9.17) is 0 Å². The summed E-state index contributed by atoms with van der Waals surface area (Å²) in [6.45, 7) is 2.02. The maximum Gasteiger partial charge on any atom is 0.324 e. The Labute approximate surface area is 105 Å². The van der Waals surface area contributed by atoms with E-state index in [0.717, 1.165) is 24.4 Å². The molecule has 1 fully saturated rings. The predicted molar refractivity (Wildman–Crippen MR) is 68.4 cm³/mol. The molecule has 1 saturated heterocycles. The topological polar surface area (TPSA) is 58.4 Å². The Morgan fingerprint density at radius 2 is 2.41 bits per heavy atom. The van der Waals surface area contributed by atoms with E-state index >= 15 is 0 Å². The number of nitro groups is 1. The molecule has 17 heavy (non-hydrogen) atoms. The molecule has 1 aliphatic heterocycles. The van der Waals surface area contributed by atoms with Crippen molar-refractivity contribution in [1.29, 1.82) is 0 Å².